The van der Waals surface area contributed by atoms with E-state index in [2.05, 4.69) is 30.4 Å². The molecular formula is C25H32ClFN8O4S. The number of aliphatic hydroxyl groups is 1. The third-order valence-electron chi connectivity index (χ3n) is 8.12. The Labute approximate surface area is 240 Å². The lowest BCUT2D eigenvalue weighted by molar-refractivity contribution is -0.384. The molecule has 1 aliphatic heterocycles. The second-order valence-electron chi connectivity index (χ2n) is 10.6. The fourth-order valence-electron chi connectivity index (χ4n) is 6.22. The predicted molar refractivity (Wildman–Crippen MR) is 152 cm³/mol. The largest absolute Gasteiger partial charge is 0.373 e. The van der Waals surface area contributed by atoms with Gasteiger partial charge in [0, 0.05) is 55.4 Å². The first-order valence-corrected chi connectivity index (χ1v) is 14.6. The van der Waals surface area contributed by atoms with E-state index in [1.807, 2.05) is 7.05 Å². The second-order valence-corrected chi connectivity index (χ2v) is 12.2. The van der Waals surface area contributed by atoms with Gasteiger partial charge in [-0.15, -0.1) is 0 Å². The highest BCUT2D eigenvalue weighted by atomic mass is 35.5. The van der Waals surface area contributed by atoms with Gasteiger partial charge in [0.2, 0.25) is 11.2 Å². The van der Waals surface area contributed by atoms with Gasteiger partial charge < -0.3 is 31.3 Å². The van der Waals surface area contributed by atoms with Crippen molar-refractivity contribution in [3.05, 3.63) is 45.6 Å². The summed E-state index contributed by atoms with van der Waals surface area (Å²) in [6.07, 6.45) is 1.48. The van der Waals surface area contributed by atoms with Gasteiger partial charge >= 0.3 is 0 Å². The lowest BCUT2D eigenvalue weighted by Gasteiger charge is -2.36. The maximum absolute atomic E-state index is 14.4. The lowest BCUT2D eigenvalue weighted by Crippen LogP contribution is -2.46. The molecule has 1 aromatic carbocycles. The average molecular weight is 595 g/mol. The summed E-state index contributed by atoms with van der Waals surface area (Å²) >= 11 is 7.40. The molecule has 1 saturated heterocycles. The van der Waals surface area contributed by atoms with E-state index in [-0.39, 0.29) is 33.9 Å². The summed E-state index contributed by atoms with van der Waals surface area (Å²) in [4.78, 5) is 35.2. The Morgan fingerprint density at radius 3 is 2.80 bits per heavy atom. The van der Waals surface area contributed by atoms with E-state index in [0.29, 0.717) is 11.4 Å². The third-order valence-corrected chi connectivity index (χ3v) is 9.78. The topological polar surface area (TPSA) is 163 Å². The number of fused-ring (bicyclic) bond motifs is 2. The van der Waals surface area contributed by atoms with Crippen LogP contribution in [0.2, 0.25) is 5.28 Å². The van der Waals surface area contributed by atoms with Gasteiger partial charge in [-0.3, -0.25) is 14.9 Å². The Hall–Kier alpha value is -2.94. The van der Waals surface area contributed by atoms with E-state index in [9.17, 15) is 24.4 Å². The quantitative estimate of drug-likeness (QED) is 0.138. The standard InChI is InChI=1S/C25H32ClFN8O4S/c1-33-4-6-34(7-5-33)18-3-2-14(35(38)39)10-17(18)30-20(36)12-40-19-9-13-8-15(19)22(21(13)23(28)37)31-24-16(27)11-29-25(26)32-24/h2-3,10-11,13,15,19-22,30,36H,4-9,12H2,1H3,(H2,28,37)(H,29,31,32). The highest BCUT2D eigenvalue weighted by Gasteiger charge is 2.55. The first-order valence-electron chi connectivity index (χ1n) is 13.1. The number of carbonyl (C=O) groups is 1. The summed E-state index contributed by atoms with van der Waals surface area (Å²) in [5.74, 6) is -1.34. The Bertz CT molecular complexity index is 1270. The van der Waals surface area contributed by atoms with Gasteiger partial charge in [-0.1, -0.05) is 0 Å². The molecule has 15 heteroatoms. The number of aromatic nitrogens is 2. The summed E-state index contributed by atoms with van der Waals surface area (Å²) in [5, 5.41) is 28.5. The Morgan fingerprint density at radius 2 is 2.10 bits per heavy atom. The van der Waals surface area contributed by atoms with Crippen molar-refractivity contribution in [3.63, 3.8) is 0 Å². The molecule has 6 unspecified atom stereocenters. The molecule has 6 atom stereocenters. The first-order chi connectivity index (χ1) is 19.1. The van der Waals surface area contributed by atoms with E-state index < -0.39 is 34.8 Å². The number of carbonyl (C=O) groups excluding carboxylic acids is 1. The van der Waals surface area contributed by atoms with E-state index in [0.717, 1.165) is 50.9 Å². The van der Waals surface area contributed by atoms with Crippen LogP contribution in [0.25, 0.3) is 0 Å². The molecule has 3 fully saturated rings. The van der Waals surface area contributed by atoms with Crippen LogP contribution in [0, 0.1) is 33.7 Å². The van der Waals surface area contributed by atoms with Crippen LogP contribution < -0.4 is 21.3 Å². The number of nitro groups is 1. The number of hydrogen-bond acceptors (Lipinski definition) is 11. The number of thioether (sulfide) groups is 1. The van der Waals surface area contributed by atoms with E-state index in [1.54, 1.807) is 17.8 Å². The van der Waals surface area contributed by atoms with Gasteiger partial charge in [0.1, 0.15) is 6.23 Å². The number of benzene rings is 1. The molecule has 40 heavy (non-hydrogen) atoms. The summed E-state index contributed by atoms with van der Waals surface area (Å²) in [5.41, 5.74) is 6.98. The summed E-state index contributed by atoms with van der Waals surface area (Å²) in [6, 6.07) is 4.23. The van der Waals surface area contributed by atoms with Crippen LogP contribution in [0.15, 0.2) is 24.4 Å². The van der Waals surface area contributed by atoms with Crippen molar-refractivity contribution in [2.75, 3.05) is 54.5 Å². The summed E-state index contributed by atoms with van der Waals surface area (Å²) < 4.78 is 14.4. The Balaban J connectivity index is 1.26. The van der Waals surface area contributed by atoms with Crippen LogP contribution in [0.1, 0.15) is 12.8 Å². The number of aliphatic hydroxyl groups excluding tert-OH is 1. The average Bonchev–Trinajstić information content (AvgIpc) is 3.48. The highest BCUT2D eigenvalue weighted by molar-refractivity contribution is 8.00. The molecule has 2 heterocycles. The Kier molecular flexibility index (Phi) is 8.50. The van der Waals surface area contributed by atoms with Crippen molar-refractivity contribution in [3.8, 4) is 0 Å². The maximum atomic E-state index is 14.4. The number of likely N-dealkylation sites (N-methyl/N-ethyl adjacent to an activating group) is 1. The van der Waals surface area contributed by atoms with Crippen LogP contribution >= 0.6 is 23.4 Å². The van der Waals surface area contributed by atoms with Gasteiger partial charge in [0.25, 0.3) is 5.69 Å². The number of nitro benzene ring substituents is 1. The normalized spacial score (nSPS) is 27.0. The minimum atomic E-state index is -0.978. The van der Waals surface area contributed by atoms with E-state index in [4.69, 9.17) is 17.3 Å². The third kappa shape index (κ3) is 6.04. The smallest absolute Gasteiger partial charge is 0.271 e. The highest BCUT2D eigenvalue weighted by Crippen LogP contribution is 2.53. The van der Waals surface area contributed by atoms with E-state index in [1.165, 1.54) is 12.1 Å². The van der Waals surface area contributed by atoms with Crippen LogP contribution in [0.3, 0.4) is 0 Å². The number of amides is 1. The summed E-state index contributed by atoms with van der Waals surface area (Å²) in [6.45, 7) is 3.27. The number of nitrogens with one attached hydrogen (secondary N) is 2. The number of piperazine rings is 1. The molecule has 3 aliphatic rings. The van der Waals surface area contributed by atoms with Crippen molar-refractivity contribution >= 4 is 52.2 Å². The SMILES string of the molecule is CN1CCN(c2ccc([N+](=O)[O-])cc2NC(O)CSC2CC3CC2C(Nc2nc(Cl)ncc2F)C3C(N)=O)CC1. The zero-order valence-electron chi connectivity index (χ0n) is 21.9. The number of halogens is 2. The fraction of sp³-hybridized carbons (Fsp3) is 0.560. The minimum Gasteiger partial charge on any atom is -0.373 e. The summed E-state index contributed by atoms with van der Waals surface area (Å²) in [7, 11) is 2.05. The number of primary amides is 1. The van der Waals surface area contributed by atoms with Gasteiger partial charge in [0.15, 0.2) is 11.6 Å². The molecule has 0 radical (unpaired) electrons. The van der Waals surface area contributed by atoms with Crippen LogP contribution in [0.4, 0.5) is 27.3 Å². The molecule has 2 aliphatic carbocycles. The number of nitrogens with zero attached hydrogens (tertiary/aromatic N) is 5. The van der Waals surface area contributed by atoms with Crippen molar-refractivity contribution in [2.45, 2.75) is 30.4 Å². The number of hydrogen-bond donors (Lipinski definition) is 4. The number of anilines is 3. The van der Waals surface area contributed by atoms with Crippen LogP contribution in [-0.2, 0) is 4.79 Å². The van der Waals surface area contributed by atoms with Gasteiger partial charge in [-0.2, -0.15) is 16.7 Å². The molecule has 2 bridgehead atoms. The van der Waals surface area contributed by atoms with Gasteiger partial charge in [-0.25, -0.2) is 9.37 Å². The van der Waals surface area contributed by atoms with Crippen LogP contribution in [-0.4, -0.2) is 87.3 Å². The molecule has 1 aromatic heterocycles. The first kappa shape index (κ1) is 28.6. The monoisotopic (exact) mass is 594 g/mol. The molecule has 216 valence electrons. The lowest BCUT2D eigenvalue weighted by atomic mass is 9.83. The molecule has 5 rings (SSSR count). The molecule has 0 spiro atoms. The molecule has 12 nitrogen and oxygen atoms in total. The molecule has 1 amide bonds. The minimum absolute atomic E-state index is 0.00782. The van der Waals surface area contributed by atoms with Crippen molar-refractivity contribution < 1.29 is 19.2 Å². The zero-order chi connectivity index (χ0) is 28.6. The maximum Gasteiger partial charge on any atom is 0.271 e. The molecule has 5 N–H and O–H groups in total. The van der Waals surface area contributed by atoms with E-state index >= 15 is 0 Å². The second kappa shape index (κ2) is 11.9. The molecule has 2 aromatic rings. The number of nitrogens with two attached hydrogens (primary N) is 1. The van der Waals surface area contributed by atoms with Crippen molar-refractivity contribution in [2.24, 2.45) is 23.5 Å². The Morgan fingerprint density at radius 1 is 1.35 bits per heavy atom. The van der Waals surface area contributed by atoms with Crippen LogP contribution in [0.5, 0.6) is 0 Å². The van der Waals surface area contributed by atoms with Gasteiger partial charge in [-0.05, 0) is 49.4 Å². The molecular weight excluding hydrogens is 563 g/mol. The number of non-ortho nitro benzene ring substituents is 1. The van der Waals surface area contributed by atoms with Crippen molar-refractivity contribution in [1.82, 2.24) is 14.9 Å². The zero-order valence-corrected chi connectivity index (χ0v) is 23.4. The van der Waals surface area contributed by atoms with Gasteiger partial charge in [0.05, 0.1) is 28.4 Å². The number of rotatable bonds is 10. The fourth-order valence-corrected chi connectivity index (χ4v) is 7.77. The molecule has 2 saturated carbocycles. The predicted octanol–water partition coefficient (Wildman–Crippen LogP) is 2.38. The van der Waals surface area contributed by atoms with Crippen molar-refractivity contribution in [1.29, 1.82) is 0 Å².